The quantitative estimate of drug-likeness (QED) is 0.723. The fraction of sp³-hybridized carbons (Fsp3) is 0.286. The average Bonchev–Trinajstić information content (AvgIpc) is 3.24. The van der Waals surface area contributed by atoms with Gasteiger partial charge in [0.2, 0.25) is 10.8 Å². The van der Waals surface area contributed by atoms with Gasteiger partial charge in [0.15, 0.2) is 0 Å². The summed E-state index contributed by atoms with van der Waals surface area (Å²) in [6.07, 6.45) is 2.08. The number of amides is 1. The van der Waals surface area contributed by atoms with Crippen LogP contribution >= 0.6 is 22.9 Å². The van der Waals surface area contributed by atoms with Gasteiger partial charge in [0.05, 0.1) is 0 Å². The molecule has 22 heavy (non-hydrogen) atoms. The van der Waals surface area contributed by atoms with Crippen molar-refractivity contribution < 1.29 is 4.79 Å². The Kier molecular flexibility index (Phi) is 3.31. The second-order valence-electron chi connectivity index (χ2n) is 5.13. The van der Waals surface area contributed by atoms with E-state index >= 15 is 0 Å². The number of likely N-dealkylation sites (tertiary alicyclic amines) is 1. The lowest BCUT2D eigenvalue weighted by molar-refractivity contribution is 0.0778. The van der Waals surface area contributed by atoms with Crippen LogP contribution in [0.25, 0.3) is 15.5 Å². The number of carbonyl (C=O) groups excluding carboxylic acids is 1. The summed E-state index contributed by atoms with van der Waals surface area (Å²) in [6.45, 7) is 1.56. The lowest BCUT2D eigenvalue weighted by Crippen LogP contribution is -2.29. The van der Waals surface area contributed by atoms with E-state index in [9.17, 15) is 4.79 Å². The monoisotopic (exact) mass is 333 g/mol. The minimum Gasteiger partial charge on any atom is -0.336 e. The fourth-order valence-electron chi connectivity index (χ4n) is 2.52. The van der Waals surface area contributed by atoms with Gasteiger partial charge >= 0.3 is 0 Å². The minimum absolute atomic E-state index is 0.0991. The van der Waals surface area contributed by atoms with Gasteiger partial charge in [-0.2, -0.15) is 9.61 Å². The van der Waals surface area contributed by atoms with Crippen LogP contribution in [0.1, 0.15) is 23.5 Å². The van der Waals surface area contributed by atoms with E-state index in [1.165, 1.54) is 15.9 Å². The van der Waals surface area contributed by atoms with Gasteiger partial charge in [-0.05, 0) is 25.0 Å². The van der Waals surface area contributed by atoms with Gasteiger partial charge < -0.3 is 4.90 Å². The zero-order valence-corrected chi connectivity index (χ0v) is 13.1. The first-order chi connectivity index (χ1) is 10.7. The van der Waals surface area contributed by atoms with Crippen LogP contribution in [0.5, 0.6) is 0 Å². The van der Waals surface area contributed by atoms with E-state index in [1.807, 2.05) is 24.3 Å². The number of fused-ring (bicyclic) bond motifs is 1. The van der Waals surface area contributed by atoms with Gasteiger partial charge in [-0.25, -0.2) is 0 Å². The summed E-state index contributed by atoms with van der Waals surface area (Å²) in [5.41, 5.74) is 0.944. The van der Waals surface area contributed by atoms with Crippen molar-refractivity contribution in [1.29, 1.82) is 0 Å². The van der Waals surface area contributed by atoms with Gasteiger partial charge in [-0.3, -0.25) is 4.79 Å². The Balaban J connectivity index is 1.72. The van der Waals surface area contributed by atoms with Crippen LogP contribution in [0, 0.1) is 0 Å². The molecule has 0 unspecified atom stereocenters. The molecule has 2 aromatic heterocycles. The molecule has 1 aliphatic rings. The number of hydrogen-bond donors (Lipinski definition) is 0. The summed E-state index contributed by atoms with van der Waals surface area (Å²) in [5, 5.41) is 14.0. The maximum atomic E-state index is 12.5. The molecule has 0 saturated carbocycles. The van der Waals surface area contributed by atoms with Crippen molar-refractivity contribution in [3.05, 3.63) is 35.1 Å². The Bertz CT molecular complexity index is 835. The first-order valence-corrected chi connectivity index (χ1v) is 8.19. The lowest BCUT2D eigenvalue weighted by atomic mass is 10.2. The van der Waals surface area contributed by atoms with Crippen molar-refractivity contribution in [2.75, 3.05) is 13.1 Å². The van der Waals surface area contributed by atoms with E-state index in [-0.39, 0.29) is 11.7 Å². The van der Waals surface area contributed by atoms with Gasteiger partial charge in [0.25, 0.3) is 5.91 Å². The molecule has 4 rings (SSSR count). The number of benzene rings is 1. The molecule has 0 N–H and O–H groups in total. The zero-order chi connectivity index (χ0) is 15.1. The van der Waals surface area contributed by atoms with Crippen molar-refractivity contribution in [2.24, 2.45) is 0 Å². The van der Waals surface area contributed by atoms with Crippen LogP contribution < -0.4 is 0 Å². The first-order valence-electron chi connectivity index (χ1n) is 7.00. The molecule has 0 spiro atoms. The molecule has 1 fully saturated rings. The van der Waals surface area contributed by atoms with E-state index in [1.54, 1.807) is 4.90 Å². The third-order valence-electron chi connectivity index (χ3n) is 3.67. The molecule has 0 bridgehead atoms. The summed E-state index contributed by atoms with van der Waals surface area (Å²) in [4.78, 5) is 14.9. The third-order valence-corrected chi connectivity index (χ3v) is 4.87. The maximum Gasteiger partial charge on any atom is 0.293 e. The first kappa shape index (κ1) is 13.7. The molecule has 3 aromatic rings. The van der Waals surface area contributed by atoms with Crippen LogP contribution in [0.2, 0.25) is 5.02 Å². The Morgan fingerprint density at radius 3 is 2.59 bits per heavy atom. The van der Waals surface area contributed by atoms with Gasteiger partial charge in [-0.1, -0.05) is 35.1 Å². The number of nitrogens with zero attached hydrogens (tertiary/aromatic N) is 5. The number of rotatable bonds is 2. The molecule has 8 heteroatoms. The van der Waals surface area contributed by atoms with Gasteiger partial charge in [0.1, 0.15) is 5.01 Å². The number of hydrogen-bond acceptors (Lipinski definition) is 5. The van der Waals surface area contributed by atoms with Crippen LogP contribution in [0.3, 0.4) is 0 Å². The summed E-state index contributed by atoms with van der Waals surface area (Å²) in [7, 11) is 0. The second-order valence-corrected chi connectivity index (χ2v) is 6.52. The fourth-order valence-corrected chi connectivity index (χ4v) is 3.49. The normalized spacial score (nSPS) is 14.9. The second kappa shape index (κ2) is 5.33. The van der Waals surface area contributed by atoms with Gasteiger partial charge in [-0.15, -0.1) is 10.2 Å². The van der Waals surface area contributed by atoms with E-state index in [0.29, 0.717) is 9.98 Å². The molecule has 1 amide bonds. The SMILES string of the molecule is O=C(c1nnc2sc(-c3ccc(Cl)cc3)nn12)N1CCCC1. The minimum atomic E-state index is -0.0991. The Labute approximate surface area is 135 Å². The largest absolute Gasteiger partial charge is 0.336 e. The zero-order valence-electron chi connectivity index (χ0n) is 11.6. The van der Waals surface area contributed by atoms with E-state index in [2.05, 4.69) is 15.3 Å². The smallest absolute Gasteiger partial charge is 0.293 e. The summed E-state index contributed by atoms with van der Waals surface area (Å²) >= 11 is 7.30. The van der Waals surface area contributed by atoms with Crippen molar-refractivity contribution in [2.45, 2.75) is 12.8 Å². The van der Waals surface area contributed by atoms with Crippen LogP contribution in [0.4, 0.5) is 0 Å². The molecule has 1 aromatic carbocycles. The summed E-state index contributed by atoms with van der Waals surface area (Å²) < 4.78 is 1.54. The Morgan fingerprint density at radius 2 is 1.86 bits per heavy atom. The molecule has 112 valence electrons. The highest BCUT2D eigenvalue weighted by molar-refractivity contribution is 7.19. The predicted molar refractivity (Wildman–Crippen MR) is 84.2 cm³/mol. The number of aromatic nitrogens is 4. The highest BCUT2D eigenvalue weighted by Gasteiger charge is 2.25. The molecule has 1 aliphatic heterocycles. The van der Waals surface area contributed by atoms with Crippen molar-refractivity contribution >= 4 is 33.8 Å². The molecule has 1 saturated heterocycles. The molecule has 0 atom stereocenters. The molecular formula is C14H12ClN5OS. The van der Waals surface area contributed by atoms with Crippen molar-refractivity contribution in [3.63, 3.8) is 0 Å². The van der Waals surface area contributed by atoms with Gasteiger partial charge in [0, 0.05) is 23.7 Å². The average molecular weight is 334 g/mol. The summed E-state index contributed by atoms with van der Waals surface area (Å²) in [5.74, 6) is 0.186. The van der Waals surface area contributed by atoms with E-state index in [4.69, 9.17) is 11.6 Å². The summed E-state index contributed by atoms with van der Waals surface area (Å²) in [6, 6.07) is 7.43. The van der Waals surface area contributed by atoms with Crippen LogP contribution in [-0.4, -0.2) is 43.7 Å². The number of halogens is 1. The highest BCUT2D eigenvalue weighted by atomic mass is 35.5. The topological polar surface area (TPSA) is 63.4 Å². The molecule has 0 aliphatic carbocycles. The third kappa shape index (κ3) is 2.26. The lowest BCUT2D eigenvalue weighted by Gasteiger charge is -2.12. The molecule has 3 heterocycles. The molecular weight excluding hydrogens is 322 g/mol. The van der Waals surface area contributed by atoms with E-state index < -0.39 is 0 Å². The Morgan fingerprint density at radius 1 is 1.14 bits per heavy atom. The highest BCUT2D eigenvalue weighted by Crippen LogP contribution is 2.27. The number of carbonyl (C=O) groups is 1. The predicted octanol–water partition coefficient (Wildman–Crippen LogP) is 2.74. The van der Waals surface area contributed by atoms with E-state index in [0.717, 1.165) is 36.5 Å². The van der Waals surface area contributed by atoms with Crippen LogP contribution in [-0.2, 0) is 0 Å². The maximum absolute atomic E-state index is 12.5. The van der Waals surface area contributed by atoms with Crippen molar-refractivity contribution in [1.82, 2.24) is 24.7 Å². The Hall–Kier alpha value is -1.99. The van der Waals surface area contributed by atoms with Crippen LogP contribution in [0.15, 0.2) is 24.3 Å². The standard InChI is InChI=1S/C14H12ClN5OS/c15-10-5-3-9(4-6-10)12-18-20-11(16-17-14(20)22-12)13(21)19-7-1-2-8-19/h3-6H,1-2,7-8H2. The molecule has 6 nitrogen and oxygen atoms in total. The van der Waals surface area contributed by atoms with Crippen molar-refractivity contribution in [3.8, 4) is 10.6 Å². The molecule has 0 radical (unpaired) electrons.